The van der Waals surface area contributed by atoms with Gasteiger partial charge in [0.1, 0.15) is 6.04 Å². The molecule has 0 bridgehead atoms. The Kier molecular flexibility index (Phi) is 9.25. The minimum atomic E-state index is -0.563. The molecule has 0 radical (unpaired) electrons. The highest BCUT2D eigenvalue weighted by Gasteiger charge is 2.28. The van der Waals surface area contributed by atoms with Crippen molar-refractivity contribution in [2.24, 2.45) is 0 Å². The van der Waals surface area contributed by atoms with Crippen LogP contribution in [-0.2, 0) is 21.9 Å². The number of carbonyl (C=O) groups excluding carboxylic acids is 2. The Morgan fingerprint density at radius 1 is 1.03 bits per heavy atom. The van der Waals surface area contributed by atoms with Crippen LogP contribution in [0.4, 0.5) is 0 Å². The fourth-order valence-corrected chi connectivity index (χ4v) is 3.93. The summed E-state index contributed by atoms with van der Waals surface area (Å²) in [6.45, 7) is 7.96. The van der Waals surface area contributed by atoms with E-state index in [-0.39, 0.29) is 17.4 Å². The zero-order valence-corrected chi connectivity index (χ0v) is 19.7. The summed E-state index contributed by atoms with van der Waals surface area (Å²) in [5.74, 6) is 1.40. The molecule has 0 saturated heterocycles. The van der Waals surface area contributed by atoms with Gasteiger partial charge in [0.2, 0.25) is 11.8 Å². The third-order valence-corrected chi connectivity index (χ3v) is 5.79. The second-order valence-electron chi connectivity index (χ2n) is 8.35. The van der Waals surface area contributed by atoms with E-state index in [0.717, 1.165) is 11.3 Å². The van der Waals surface area contributed by atoms with Crippen LogP contribution in [0.1, 0.15) is 45.2 Å². The maximum atomic E-state index is 13.0. The van der Waals surface area contributed by atoms with E-state index in [1.165, 1.54) is 5.56 Å². The monoisotopic (exact) mass is 446 g/mol. The molecule has 0 aliphatic heterocycles. The summed E-state index contributed by atoms with van der Waals surface area (Å²) in [6, 6.07) is 17.0. The van der Waals surface area contributed by atoms with Gasteiger partial charge in [-0.1, -0.05) is 54.1 Å². The Morgan fingerprint density at radius 3 is 2.27 bits per heavy atom. The number of rotatable bonds is 9. The van der Waals surface area contributed by atoms with Gasteiger partial charge in [-0.25, -0.2) is 0 Å². The van der Waals surface area contributed by atoms with Gasteiger partial charge in [0.25, 0.3) is 0 Å². The van der Waals surface area contributed by atoms with Crippen LogP contribution in [0.5, 0.6) is 0 Å². The van der Waals surface area contributed by atoms with Crippen LogP contribution in [0.15, 0.2) is 54.6 Å². The van der Waals surface area contributed by atoms with Gasteiger partial charge in [-0.3, -0.25) is 9.59 Å². The number of hydrogen-bond acceptors (Lipinski definition) is 3. The van der Waals surface area contributed by atoms with Crippen molar-refractivity contribution in [1.29, 1.82) is 0 Å². The second-order valence-corrected chi connectivity index (χ2v) is 9.89. The summed E-state index contributed by atoms with van der Waals surface area (Å²) in [5.41, 5.74) is 1.83. The topological polar surface area (TPSA) is 49.4 Å². The number of carbonyl (C=O) groups is 2. The summed E-state index contributed by atoms with van der Waals surface area (Å²) in [6.07, 6.45) is 0.387. The lowest BCUT2D eigenvalue weighted by Gasteiger charge is -2.31. The standard InChI is InChI=1S/C24H31ClN2O2S/c1-18(23(29)26-24(2,3)4)27(16-19-10-12-21(25)13-11-19)22(28)14-15-30-17-20-8-6-5-7-9-20/h5-13,18H,14-17H2,1-4H3,(H,26,29)/t18-/m1/s1. The molecule has 0 spiro atoms. The predicted octanol–water partition coefficient (Wildman–Crippen LogP) is 5.30. The largest absolute Gasteiger partial charge is 0.350 e. The van der Waals surface area contributed by atoms with Gasteiger partial charge in [0.15, 0.2) is 0 Å². The van der Waals surface area contributed by atoms with Gasteiger partial charge in [0, 0.05) is 35.0 Å². The van der Waals surface area contributed by atoms with Crippen LogP contribution in [0.3, 0.4) is 0 Å². The van der Waals surface area contributed by atoms with Gasteiger partial charge in [0.05, 0.1) is 0 Å². The van der Waals surface area contributed by atoms with Crippen LogP contribution in [0.25, 0.3) is 0 Å². The maximum absolute atomic E-state index is 13.0. The Hall–Kier alpha value is -1.98. The van der Waals surface area contributed by atoms with E-state index in [9.17, 15) is 9.59 Å². The van der Waals surface area contributed by atoms with Gasteiger partial charge in [-0.05, 0) is 51.0 Å². The molecule has 2 aromatic rings. The number of benzene rings is 2. The Morgan fingerprint density at radius 2 is 1.67 bits per heavy atom. The summed E-state index contributed by atoms with van der Waals surface area (Å²) in [7, 11) is 0. The van der Waals surface area contributed by atoms with Crippen molar-refractivity contribution in [3.8, 4) is 0 Å². The average Bonchev–Trinajstić information content (AvgIpc) is 2.69. The van der Waals surface area contributed by atoms with Crippen molar-refractivity contribution in [2.75, 3.05) is 5.75 Å². The van der Waals surface area contributed by atoms with Crippen molar-refractivity contribution in [3.63, 3.8) is 0 Å². The van der Waals surface area contributed by atoms with Crippen molar-refractivity contribution in [3.05, 3.63) is 70.7 Å². The molecule has 0 unspecified atom stereocenters. The first kappa shape index (κ1) is 24.3. The molecule has 1 atom stereocenters. The first-order chi connectivity index (χ1) is 14.2. The summed E-state index contributed by atoms with van der Waals surface area (Å²) >= 11 is 7.71. The zero-order valence-electron chi connectivity index (χ0n) is 18.2. The average molecular weight is 447 g/mol. The summed E-state index contributed by atoms with van der Waals surface area (Å²) in [5, 5.41) is 3.62. The Balaban J connectivity index is 2.02. The zero-order chi connectivity index (χ0) is 22.1. The number of hydrogen-bond donors (Lipinski definition) is 1. The van der Waals surface area contributed by atoms with Crippen molar-refractivity contribution in [1.82, 2.24) is 10.2 Å². The van der Waals surface area contributed by atoms with E-state index >= 15 is 0 Å². The number of nitrogens with zero attached hydrogens (tertiary/aromatic N) is 1. The first-order valence-corrected chi connectivity index (χ1v) is 11.7. The molecule has 0 aromatic heterocycles. The molecular formula is C24H31ClN2O2S. The minimum Gasteiger partial charge on any atom is -0.350 e. The van der Waals surface area contributed by atoms with E-state index in [4.69, 9.17) is 11.6 Å². The molecule has 162 valence electrons. The Labute approximate surface area is 189 Å². The molecule has 0 aliphatic carbocycles. The lowest BCUT2D eigenvalue weighted by molar-refractivity contribution is -0.140. The molecule has 0 aliphatic rings. The van der Waals surface area contributed by atoms with Crippen LogP contribution in [0.2, 0.25) is 5.02 Å². The van der Waals surface area contributed by atoms with Crippen LogP contribution < -0.4 is 5.32 Å². The molecule has 0 saturated carbocycles. The highest BCUT2D eigenvalue weighted by molar-refractivity contribution is 7.98. The van der Waals surface area contributed by atoms with E-state index in [2.05, 4.69) is 17.4 Å². The van der Waals surface area contributed by atoms with Gasteiger partial charge < -0.3 is 10.2 Å². The fraction of sp³-hybridized carbons (Fsp3) is 0.417. The summed E-state index contributed by atoms with van der Waals surface area (Å²) < 4.78 is 0. The van der Waals surface area contributed by atoms with Crippen molar-refractivity contribution < 1.29 is 9.59 Å². The quantitative estimate of drug-likeness (QED) is 0.532. The van der Waals surface area contributed by atoms with E-state index < -0.39 is 6.04 Å². The third-order valence-electron chi connectivity index (χ3n) is 4.50. The van der Waals surface area contributed by atoms with Gasteiger partial charge in [-0.2, -0.15) is 11.8 Å². The molecule has 2 amide bonds. The lowest BCUT2D eigenvalue weighted by Crippen LogP contribution is -2.52. The van der Waals surface area contributed by atoms with E-state index in [0.29, 0.717) is 23.7 Å². The van der Waals surface area contributed by atoms with Crippen LogP contribution >= 0.6 is 23.4 Å². The maximum Gasteiger partial charge on any atom is 0.242 e. The molecule has 4 nitrogen and oxygen atoms in total. The smallest absolute Gasteiger partial charge is 0.242 e. The van der Waals surface area contributed by atoms with Crippen LogP contribution in [0, 0.1) is 0 Å². The first-order valence-electron chi connectivity index (χ1n) is 10.1. The molecule has 2 aromatic carbocycles. The van der Waals surface area contributed by atoms with E-state index in [1.807, 2.05) is 51.1 Å². The number of thioether (sulfide) groups is 1. The fourth-order valence-electron chi connectivity index (χ4n) is 2.91. The molecule has 6 heteroatoms. The van der Waals surface area contributed by atoms with Gasteiger partial charge in [-0.15, -0.1) is 0 Å². The van der Waals surface area contributed by atoms with Crippen molar-refractivity contribution >= 4 is 35.2 Å². The number of nitrogens with one attached hydrogen (secondary N) is 1. The van der Waals surface area contributed by atoms with Crippen molar-refractivity contribution in [2.45, 2.75) is 58.0 Å². The molecule has 1 N–H and O–H groups in total. The minimum absolute atomic E-state index is 0.0259. The highest BCUT2D eigenvalue weighted by atomic mass is 35.5. The van der Waals surface area contributed by atoms with Crippen LogP contribution in [-0.4, -0.2) is 34.0 Å². The van der Waals surface area contributed by atoms with E-state index in [1.54, 1.807) is 35.7 Å². The summed E-state index contributed by atoms with van der Waals surface area (Å²) in [4.78, 5) is 27.4. The molecular weight excluding hydrogens is 416 g/mol. The normalized spacial score (nSPS) is 12.3. The third kappa shape index (κ3) is 8.41. The number of halogens is 1. The molecule has 0 heterocycles. The Bertz CT molecular complexity index is 819. The second kappa shape index (κ2) is 11.4. The molecule has 0 fully saturated rings. The van der Waals surface area contributed by atoms with Gasteiger partial charge >= 0.3 is 0 Å². The molecule has 2 rings (SSSR count). The highest BCUT2D eigenvalue weighted by Crippen LogP contribution is 2.17. The SMILES string of the molecule is C[C@H](C(=O)NC(C)(C)C)N(Cc1ccc(Cl)cc1)C(=O)CCSCc1ccccc1. The molecule has 30 heavy (non-hydrogen) atoms. The number of amides is 2. The predicted molar refractivity (Wildman–Crippen MR) is 127 cm³/mol. The lowest BCUT2D eigenvalue weighted by atomic mass is 10.1.